The highest BCUT2D eigenvalue weighted by atomic mass is 19.3. The standard InChI is InChI=1S/C15H28F2N2/c16-15(17)7-5-14(6-8-15)13-18-9-4-12-19-10-2-1-3-11-19/h14,18H,1-13H2. The van der Waals surface area contributed by atoms with E-state index in [2.05, 4.69) is 10.2 Å². The summed E-state index contributed by atoms with van der Waals surface area (Å²) >= 11 is 0. The van der Waals surface area contributed by atoms with Crippen LogP contribution in [-0.4, -0.2) is 43.5 Å². The van der Waals surface area contributed by atoms with Crippen LogP contribution >= 0.6 is 0 Å². The maximum Gasteiger partial charge on any atom is 0.248 e. The van der Waals surface area contributed by atoms with E-state index in [1.54, 1.807) is 0 Å². The lowest BCUT2D eigenvalue weighted by Gasteiger charge is -2.29. The van der Waals surface area contributed by atoms with Gasteiger partial charge in [-0.1, -0.05) is 6.42 Å². The van der Waals surface area contributed by atoms with Gasteiger partial charge in [0.2, 0.25) is 5.92 Å². The number of halogens is 2. The number of likely N-dealkylation sites (tertiary alicyclic amines) is 1. The fraction of sp³-hybridized carbons (Fsp3) is 1.00. The van der Waals surface area contributed by atoms with Crippen molar-refractivity contribution in [2.75, 3.05) is 32.7 Å². The van der Waals surface area contributed by atoms with Crippen molar-refractivity contribution in [2.45, 2.75) is 57.3 Å². The van der Waals surface area contributed by atoms with Crippen LogP contribution in [0.2, 0.25) is 0 Å². The Balaban J connectivity index is 1.46. The number of nitrogens with one attached hydrogen (secondary N) is 1. The van der Waals surface area contributed by atoms with Crippen LogP contribution in [-0.2, 0) is 0 Å². The van der Waals surface area contributed by atoms with Crippen molar-refractivity contribution in [3.63, 3.8) is 0 Å². The molecule has 1 saturated heterocycles. The molecule has 0 aromatic heterocycles. The predicted molar refractivity (Wildman–Crippen MR) is 74.7 cm³/mol. The molecule has 2 nitrogen and oxygen atoms in total. The zero-order chi connectivity index (χ0) is 13.6. The van der Waals surface area contributed by atoms with E-state index in [1.807, 2.05) is 0 Å². The second-order valence-corrected chi connectivity index (χ2v) is 6.26. The van der Waals surface area contributed by atoms with Crippen LogP contribution in [0.4, 0.5) is 8.78 Å². The number of hydrogen-bond acceptors (Lipinski definition) is 2. The van der Waals surface area contributed by atoms with Gasteiger partial charge < -0.3 is 10.2 Å². The van der Waals surface area contributed by atoms with E-state index in [4.69, 9.17) is 0 Å². The summed E-state index contributed by atoms with van der Waals surface area (Å²) in [5, 5.41) is 3.45. The number of piperidine rings is 1. The first-order valence-electron chi connectivity index (χ1n) is 7.97. The van der Waals surface area contributed by atoms with Gasteiger partial charge in [0.05, 0.1) is 0 Å². The predicted octanol–water partition coefficient (Wildman–Crippen LogP) is 3.28. The summed E-state index contributed by atoms with van der Waals surface area (Å²) in [6.07, 6.45) is 6.83. The summed E-state index contributed by atoms with van der Waals surface area (Å²) in [5.74, 6) is -1.92. The lowest BCUT2D eigenvalue weighted by Crippen LogP contribution is -2.34. The van der Waals surface area contributed by atoms with E-state index in [0.717, 1.165) is 13.1 Å². The van der Waals surface area contributed by atoms with Crippen LogP contribution < -0.4 is 5.32 Å². The summed E-state index contributed by atoms with van der Waals surface area (Å²) in [7, 11) is 0. The van der Waals surface area contributed by atoms with Crippen LogP contribution in [0.25, 0.3) is 0 Å². The van der Waals surface area contributed by atoms with Crippen molar-refractivity contribution < 1.29 is 8.78 Å². The van der Waals surface area contributed by atoms with E-state index in [-0.39, 0.29) is 12.8 Å². The minimum atomic E-state index is -2.38. The molecule has 4 heteroatoms. The van der Waals surface area contributed by atoms with Crippen LogP contribution in [0.1, 0.15) is 51.4 Å². The Bertz CT molecular complexity index is 243. The number of alkyl halides is 2. The third-order valence-electron chi connectivity index (χ3n) is 4.55. The van der Waals surface area contributed by atoms with Crippen molar-refractivity contribution in [3.05, 3.63) is 0 Å². The zero-order valence-corrected chi connectivity index (χ0v) is 12.0. The van der Waals surface area contributed by atoms with Gasteiger partial charge in [0, 0.05) is 12.8 Å². The fourth-order valence-electron chi connectivity index (χ4n) is 3.22. The summed E-state index contributed by atoms with van der Waals surface area (Å²) in [4.78, 5) is 2.55. The highest BCUT2D eigenvalue weighted by Gasteiger charge is 2.34. The molecule has 0 unspecified atom stereocenters. The SMILES string of the molecule is FC1(F)CCC(CNCCCN2CCCCC2)CC1. The molecule has 19 heavy (non-hydrogen) atoms. The lowest BCUT2D eigenvalue weighted by molar-refractivity contribution is -0.0454. The molecular weight excluding hydrogens is 246 g/mol. The average Bonchev–Trinajstić information content (AvgIpc) is 2.41. The van der Waals surface area contributed by atoms with Crippen molar-refractivity contribution in [1.82, 2.24) is 10.2 Å². The normalized spacial score (nSPS) is 25.6. The summed E-state index contributed by atoms with van der Waals surface area (Å²) in [5.41, 5.74) is 0. The molecular formula is C15H28F2N2. The van der Waals surface area contributed by atoms with E-state index in [1.165, 1.54) is 45.3 Å². The lowest BCUT2D eigenvalue weighted by atomic mass is 9.87. The zero-order valence-electron chi connectivity index (χ0n) is 12.0. The Labute approximate surface area is 115 Å². The Morgan fingerprint density at radius 3 is 2.42 bits per heavy atom. The second-order valence-electron chi connectivity index (χ2n) is 6.26. The highest BCUT2D eigenvalue weighted by molar-refractivity contribution is 4.78. The smallest absolute Gasteiger partial charge is 0.248 e. The van der Waals surface area contributed by atoms with Gasteiger partial charge in [0.1, 0.15) is 0 Å². The van der Waals surface area contributed by atoms with Gasteiger partial charge in [-0.15, -0.1) is 0 Å². The molecule has 2 fully saturated rings. The Morgan fingerprint density at radius 1 is 1.05 bits per heavy atom. The summed E-state index contributed by atoms with van der Waals surface area (Å²) in [6.45, 7) is 5.67. The third kappa shape index (κ3) is 5.74. The molecule has 1 saturated carbocycles. The molecule has 0 spiro atoms. The summed E-state index contributed by atoms with van der Waals surface area (Å²) in [6, 6.07) is 0. The van der Waals surface area contributed by atoms with Crippen LogP contribution in [0.5, 0.6) is 0 Å². The van der Waals surface area contributed by atoms with Gasteiger partial charge in [-0.25, -0.2) is 8.78 Å². The molecule has 0 aromatic rings. The van der Waals surface area contributed by atoms with Gasteiger partial charge >= 0.3 is 0 Å². The van der Waals surface area contributed by atoms with Gasteiger partial charge in [0.15, 0.2) is 0 Å². The molecule has 0 atom stereocenters. The average molecular weight is 274 g/mol. The van der Waals surface area contributed by atoms with Crippen molar-refractivity contribution >= 4 is 0 Å². The van der Waals surface area contributed by atoms with Crippen LogP contribution in [0.3, 0.4) is 0 Å². The Morgan fingerprint density at radius 2 is 1.74 bits per heavy atom. The van der Waals surface area contributed by atoms with E-state index in [9.17, 15) is 8.78 Å². The Hall–Kier alpha value is -0.220. The first kappa shape index (κ1) is 15.2. The van der Waals surface area contributed by atoms with Gasteiger partial charge in [-0.05, 0) is 70.7 Å². The molecule has 112 valence electrons. The molecule has 0 bridgehead atoms. The number of rotatable bonds is 6. The van der Waals surface area contributed by atoms with E-state index in [0.29, 0.717) is 18.8 Å². The van der Waals surface area contributed by atoms with Gasteiger partial charge in [0.25, 0.3) is 0 Å². The second kappa shape index (κ2) is 7.53. The van der Waals surface area contributed by atoms with Crippen molar-refractivity contribution in [1.29, 1.82) is 0 Å². The molecule has 1 N–H and O–H groups in total. The number of hydrogen-bond donors (Lipinski definition) is 1. The minimum absolute atomic E-state index is 0.0904. The first-order valence-corrected chi connectivity index (χ1v) is 7.97. The first-order chi connectivity index (χ1) is 9.16. The van der Waals surface area contributed by atoms with E-state index < -0.39 is 5.92 Å². The molecule has 0 radical (unpaired) electrons. The maximum atomic E-state index is 13.0. The van der Waals surface area contributed by atoms with Crippen molar-refractivity contribution in [2.24, 2.45) is 5.92 Å². The van der Waals surface area contributed by atoms with Gasteiger partial charge in [-0.2, -0.15) is 0 Å². The van der Waals surface area contributed by atoms with Crippen LogP contribution in [0.15, 0.2) is 0 Å². The fourth-order valence-corrected chi connectivity index (χ4v) is 3.22. The third-order valence-corrected chi connectivity index (χ3v) is 4.55. The largest absolute Gasteiger partial charge is 0.316 e. The molecule has 1 aliphatic carbocycles. The molecule has 2 rings (SSSR count). The van der Waals surface area contributed by atoms with Gasteiger partial charge in [-0.3, -0.25) is 0 Å². The van der Waals surface area contributed by atoms with Crippen molar-refractivity contribution in [3.8, 4) is 0 Å². The molecule has 1 heterocycles. The quantitative estimate of drug-likeness (QED) is 0.748. The van der Waals surface area contributed by atoms with E-state index >= 15 is 0 Å². The molecule has 2 aliphatic rings. The number of nitrogens with zero attached hydrogens (tertiary/aromatic N) is 1. The highest BCUT2D eigenvalue weighted by Crippen LogP contribution is 2.35. The molecule has 1 aliphatic heterocycles. The monoisotopic (exact) mass is 274 g/mol. The van der Waals surface area contributed by atoms with Crippen LogP contribution in [0, 0.1) is 5.92 Å². The minimum Gasteiger partial charge on any atom is -0.316 e. The molecule has 0 aromatic carbocycles. The maximum absolute atomic E-state index is 13.0. The molecule has 0 amide bonds. The summed E-state index contributed by atoms with van der Waals surface area (Å²) < 4.78 is 26.0. The Kier molecular flexibility index (Phi) is 6.02. The topological polar surface area (TPSA) is 15.3 Å².